The van der Waals surface area contributed by atoms with Crippen LogP contribution >= 0.6 is 0 Å². The lowest BCUT2D eigenvalue weighted by atomic mass is 10.2. The largest absolute Gasteiger partial charge is 0.419 e. The van der Waals surface area contributed by atoms with Gasteiger partial charge in [0, 0.05) is 18.8 Å². The zero-order valence-corrected chi connectivity index (χ0v) is 11.2. The predicted molar refractivity (Wildman–Crippen MR) is 71.0 cm³/mol. The SMILES string of the molecule is CNc1cc(Nc2ccc(F)c(C(F)(F)F)c2)nc(C)n1. The molecule has 0 spiro atoms. The summed E-state index contributed by atoms with van der Waals surface area (Å²) in [6, 6.07) is 4.20. The molecule has 0 aliphatic carbocycles. The molecule has 0 unspecified atom stereocenters. The Bertz CT molecular complexity index is 655. The van der Waals surface area contributed by atoms with Gasteiger partial charge in [-0.25, -0.2) is 14.4 Å². The van der Waals surface area contributed by atoms with Gasteiger partial charge >= 0.3 is 6.18 Å². The molecule has 8 heteroatoms. The van der Waals surface area contributed by atoms with Gasteiger partial charge in [-0.1, -0.05) is 0 Å². The number of rotatable bonds is 3. The Morgan fingerprint density at radius 2 is 1.71 bits per heavy atom. The minimum Gasteiger partial charge on any atom is -0.373 e. The van der Waals surface area contributed by atoms with Gasteiger partial charge < -0.3 is 10.6 Å². The van der Waals surface area contributed by atoms with Gasteiger partial charge in [-0.3, -0.25) is 0 Å². The zero-order chi connectivity index (χ0) is 15.6. The van der Waals surface area contributed by atoms with E-state index in [2.05, 4.69) is 20.6 Å². The summed E-state index contributed by atoms with van der Waals surface area (Å²) in [7, 11) is 1.66. The lowest BCUT2D eigenvalue weighted by Crippen LogP contribution is -2.09. The summed E-state index contributed by atoms with van der Waals surface area (Å²) in [5, 5.41) is 5.51. The molecule has 0 atom stereocenters. The number of alkyl halides is 3. The highest BCUT2D eigenvalue weighted by Crippen LogP contribution is 2.33. The van der Waals surface area contributed by atoms with E-state index in [1.165, 1.54) is 12.1 Å². The molecule has 0 bridgehead atoms. The fourth-order valence-corrected chi connectivity index (χ4v) is 1.73. The second-order valence-electron chi connectivity index (χ2n) is 4.25. The Kier molecular flexibility index (Phi) is 3.97. The highest BCUT2D eigenvalue weighted by atomic mass is 19.4. The van der Waals surface area contributed by atoms with Gasteiger partial charge in [0.1, 0.15) is 23.3 Å². The molecule has 2 aromatic rings. The normalized spacial score (nSPS) is 11.3. The Balaban J connectivity index is 2.34. The van der Waals surface area contributed by atoms with E-state index >= 15 is 0 Å². The van der Waals surface area contributed by atoms with E-state index in [1.54, 1.807) is 14.0 Å². The zero-order valence-electron chi connectivity index (χ0n) is 11.2. The van der Waals surface area contributed by atoms with Crippen LogP contribution in [0.15, 0.2) is 24.3 Å². The molecule has 2 rings (SSSR count). The molecule has 0 aliphatic heterocycles. The van der Waals surface area contributed by atoms with Crippen LogP contribution in [0.4, 0.5) is 34.9 Å². The molecule has 0 radical (unpaired) electrons. The van der Waals surface area contributed by atoms with Crippen LogP contribution in [0, 0.1) is 12.7 Å². The summed E-state index contributed by atoms with van der Waals surface area (Å²) in [5.41, 5.74) is -1.24. The van der Waals surface area contributed by atoms with Crippen LogP contribution in [0.2, 0.25) is 0 Å². The van der Waals surface area contributed by atoms with Gasteiger partial charge in [0.25, 0.3) is 0 Å². The number of hydrogen-bond acceptors (Lipinski definition) is 4. The lowest BCUT2D eigenvalue weighted by molar-refractivity contribution is -0.139. The van der Waals surface area contributed by atoms with Crippen molar-refractivity contribution in [3.63, 3.8) is 0 Å². The summed E-state index contributed by atoms with van der Waals surface area (Å²) in [4.78, 5) is 8.12. The third-order valence-corrected chi connectivity index (χ3v) is 2.64. The van der Waals surface area contributed by atoms with Crippen molar-refractivity contribution in [2.45, 2.75) is 13.1 Å². The van der Waals surface area contributed by atoms with Crippen LogP contribution in [-0.4, -0.2) is 17.0 Å². The fraction of sp³-hybridized carbons (Fsp3) is 0.231. The minimum atomic E-state index is -4.75. The molecule has 112 valence electrons. The minimum absolute atomic E-state index is 0.0869. The highest BCUT2D eigenvalue weighted by Gasteiger charge is 2.34. The molecule has 0 saturated heterocycles. The molecule has 0 fully saturated rings. The van der Waals surface area contributed by atoms with Gasteiger partial charge in [0.15, 0.2) is 0 Å². The average Bonchev–Trinajstić information content (AvgIpc) is 2.39. The Labute approximate surface area is 118 Å². The third kappa shape index (κ3) is 3.59. The highest BCUT2D eigenvalue weighted by molar-refractivity contribution is 5.60. The smallest absolute Gasteiger partial charge is 0.373 e. The lowest BCUT2D eigenvalue weighted by Gasteiger charge is -2.12. The molecule has 1 aromatic heterocycles. The standard InChI is InChI=1S/C13H12F4N4/c1-7-19-11(18-2)6-12(20-7)21-8-3-4-10(14)9(5-8)13(15,16)17/h3-6H,1-2H3,(H2,18,19,20,21). The van der Waals surface area contributed by atoms with Crippen LogP contribution in [-0.2, 0) is 6.18 Å². The van der Waals surface area contributed by atoms with Crippen LogP contribution in [0.1, 0.15) is 11.4 Å². The maximum Gasteiger partial charge on any atom is 0.419 e. The molecule has 0 amide bonds. The molecule has 0 saturated carbocycles. The topological polar surface area (TPSA) is 49.8 Å². The summed E-state index contributed by atoms with van der Waals surface area (Å²) in [6.07, 6.45) is -4.75. The van der Waals surface area contributed by atoms with Gasteiger partial charge in [-0.2, -0.15) is 13.2 Å². The summed E-state index contributed by atoms with van der Waals surface area (Å²) in [6.45, 7) is 1.65. The quantitative estimate of drug-likeness (QED) is 0.848. The monoisotopic (exact) mass is 300 g/mol. The Morgan fingerprint density at radius 3 is 2.33 bits per heavy atom. The summed E-state index contributed by atoms with van der Waals surface area (Å²) in [5.74, 6) is -0.0416. The maximum atomic E-state index is 13.2. The Hall–Kier alpha value is -2.38. The van der Waals surface area contributed by atoms with Crippen molar-refractivity contribution < 1.29 is 17.6 Å². The first-order chi connectivity index (χ1) is 9.79. The number of anilines is 3. The van der Waals surface area contributed by atoms with E-state index in [1.807, 2.05) is 0 Å². The number of nitrogens with one attached hydrogen (secondary N) is 2. The van der Waals surface area contributed by atoms with E-state index in [9.17, 15) is 17.6 Å². The molecule has 2 N–H and O–H groups in total. The molecule has 1 aromatic carbocycles. The van der Waals surface area contributed by atoms with E-state index in [0.29, 0.717) is 23.5 Å². The molecule has 4 nitrogen and oxygen atoms in total. The van der Waals surface area contributed by atoms with Crippen molar-refractivity contribution in [1.82, 2.24) is 9.97 Å². The number of hydrogen-bond donors (Lipinski definition) is 2. The van der Waals surface area contributed by atoms with E-state index in [0.717, 1.165) is 6.07 Å². The molecule has 21 heavy (non-hydrogen) atoms. The van der Waals surface area contributed by atoms with Gasteiger partial charge in [-0.05, 0) is 25.1 Å². The van der Waals surface area contributed by atoms with Gasteiger partial charge in [0.2, 0.25) is 0 Å². The predicted octanol–water partition coefficient (Wildman–Crippen LogP) is 3.73. The molecule has 0 aliphatic rings. The van der Waals surface area contributed by atoms with Gasteiger partial charge in [0.05, 0.1) is 5.56 Å². The van der Waals surface area contributed by atoms with Crippen molar-refractivity contribution in [3.8, 4) is 0 Å². The maximum absolute atomic E-state index is 13.2. The number of benzene rings is 1. The molecular weight excluding hydrogens is 288 g/mol. The first kappa shape index (κ1) is 15.0. The number of aryl methyl sites for hydroxylation is 1. The van der Waals surface area contributed by atoms with E-state index < -0.39 is 17.6 Å². The van der Waals surface area contributed by atoms with Crippen molar-refractivity contribution in [2.75, 3.05) is 17.7 Å². The van der Waals surface area contributed by atoms with Crippen LogP contribution in [0.5, 0.6) is 0 Å². The first-order valence-electron chi connectivity index (χ1n) is 5.97. The average molecular weight is 300 g/mol. The van der Waals surface area contributed by atoms with E-state index in [4.69, 9.17) is 0 Å². The molecule has 1 heterocycles. The third-order valence-electron chi connectivity index (χ3n) is 2.64. The van der Waals surface area contributed by atoms with Crippen LogP contribution < -0.4 is 10.6 Å². The van der Waals surface area contributed by atoms with Crippen molar-refractivity contribution in [3.05, 3.63) is 41.5 Å². The number of nitrogens with zero attached hydrogens (tertiary/aromatic N) is 2. The van der Waals surface area contributed by atoms with Crippen LogP contribution in [0.25, 0.3) is 0 Å². The van der Waals surface area contributed by atoms with Crippen molar-refractivity contribution in [2.24, 2.45) is 0 Å². The van der Waals surface area contributed by atoms with E-state index in [-0.39, 0.29) is 5.69 Å². The fourth-order valence-electron chi connectivity index (χ4n) is 1.73. The first-order valence-corrected chi connectivity index (χ1v) is 5.97. The second kappa shape index (κ2) is 5.55. The number of halogens is 4. The summed E-state index contributed by atoms with van der Waals surface area (Å²) < 4.78 is 51.1. The van der Waals surface area contributed by atoms with Crippen molar-refractivity contribution >= 4 is 17.3 Å². The molecular formula is C13H12F4N4. The van der Waals surface area contributed by atoms with Gasteiger partial charge in [-0.15, -0.1) is 0 Å². The van der Waals surface area contributed by atoms with Crippen molar-refractivity contribution in [1.29, 1.82) is 0 Å². The second-order valence-corrected chi connectivity index (χ2v) is 4.25. The van der Waals surface area contributed by atoms with Crippen LogP contribution in [0.3, 0.4) is 0 Å². The number of aromatic nitrogens is 2. The Morgan fingerprint density at radius 1 is 1.05 bits per heavy atom. The summed E-state index contributed by atoms with van der Waals surface area (Å²) >= 11 is 0.